The van der Waals surface area contributed by atoms with Crippen molar-refractivity contribution in [3.8, 4) is 0 Å². The van der Waals surface area contributed by atoms with E-state index >= 15 is 0 Å². The highest BCUT2D eigenvalue weighted by Crippen LogP contribution is 2.24. The van der Waals surface area contributed by atoms with E-state index in [1.54, 1.807) is 24.3 Å². The molecule has 0 aliphatic heterocycles. The van der Waals surface area contributed by atoms with Gasteiger partial charge in [-0.05, 0) is 24.3 Å². The van der Waals surface area contributed by atoms with Crippen LogP contribution < -0.4 is 5.32 Å². The summed E-state index contributed by atoms with van der Waals surface area (Å²) < 4.78 is 13.5. The Morgan fingerprint density at radius 2 is 1.88 bits per heavy atom. The van der Waals surface area contributed by atoms with Gasteiger partial charge in [0.2, 0.25) is 0 Å². The van der Waals surface area contributed by atoms with Gasteiger partial charge in [0, 0.05) is 0 Å². The van der Waals surface area contributed by atoms with Gasteiger partial charge in [-0.15, -0.1) is 10.2 Å². The van der Waals surface area contributed by atoms with Crippen molar-refractivity contribution in [3.63, 3.8) is 0 Å². The van der Waals surface area contributed by atoms with Crippen LogP contribution in [0.2, 0.25) is 10.2 Å². The van der Waals surface area contributed by atoms with E-state index in [1.165, 1.54) is 6.07 Å². The fraction of sp³-hybridized carbons (Fsp3) is 0. The van der Waals surface area contributed by atoms with Crippen LogP contribution in [0.4, 0.5) is 15.9 Å². The maximum atomic E-state index is 13.5. The standard InChI is InChI=1S/C10H6Cl2FN3/c11-6-2-1-3-7(10(6)13)14-9-5-4-8(12)15-16-9/h1-5H,(H,14,16). The molecule has 2 aromatic rings. The predicted molar refractivity (Wildman–Crippen MR) is 61.7 cm³/mol. The maximum absolute atomic E-state index is 13.5. The number of hydrogen-bond acceptors (Lipinski definition) is 3. The lowest BCUT2D eigenvalue weighted by atomic mass is 10.3. The topological polar surface area (TPSA) is 37.8 Å². The smallest absolute Gasteiger partial charge is 0.165 e. The molecule has 1 aromatic carbocycles. The number of halogens is 3. The first-order valence-corrected chi connectivity index (χ1v) is 5.12. The molecule has 16 heavy (non-hydrogen) atoms. The Morgan fingerprint density at radius 3 is 2.56 bits per heavy atom. The summed E-state index contributed by atoms with van der Waals surface area (Å²) in [5.41, 5.74) is 0.240. The Hall–Kier alpha value is -1.39. The van der Waals surface area contributed by atoms with E-state index in [4.69, 9.17) is 23.2 Å². The van der Waals surface area contributed by atoms with Gasteiger partial charge in [-0.25, -0.2) is 4.39 Å². The van der Waals surface area contributed by atoms with E-state index < -0.39 is 5.82 Å². The molecule has 0 aliphatic rings. The SMILES string of the molecule is Fc1c(Cl)cccc1Nc1ccc(Cl)nn1. The van der Waals surface area contributed by atoms with Crippen molar-refractivity contribution in [1.29, 1.82) is 0 Å². The van der Waals surface area contributed by atoms with Crippen LogP contribution in [0.1, 0.15) is 0 Å². The van der Waals surface area contributed by atoms with Crippen LogP contribution in [0.25, 0.3) is 0 Å². The summed E-state index contributed by atoms with van der Waals surface area (Å²) in [5.74, 6) is -0.133. The number of benzene rings is 1. The van der Waals surface area contributed by atoms with E-state index in [-0.39, 0.29) is 15.9 Å². The highest BCUT2D eigenvalue weighted by molar-refractivity contribution is 6.31. The van der Waals surface area contributed by atoms with Crippen molar-refractivity contribution in [2.75, 3.05) is 5.32 Å². The molecule has 0 radical (unpaired) electrons. The summed E-state index contributed by atoms with van der Waals surface area (Å²) in [4.78, 5) is 0. The third kappa shape index (κ3) is 2.40. The average Bonchev–Trinajstić information content (AvgIpc) is 2.28. The molecule has 0 unspecified atom stereocenters. The molecule has 1 heterocycles. The fourth-order valence-electron chi connectivity index (χ4n) is 1.12. The van der Waals surface area contributed by atoms with Gasteiger partial charge in [-0.3, -0.25) is 0 Å². The number of rotatable bonds is 2. The highest BCUT2D eigenvalue weighted by atomic mass is 35.5. The summed E-state index contributed by atoms with van der Waals surface area (Å²) in [7, 11) is 0. The second-order valence-electron chi connectivity index (χ2n) is 2.97. The quantitative estimate of drug-likeness (QED) is 0.893. The zero-order chi connectivity index (χ0) is 11.5. The van der Waals surface area contributed by atoms with E-state index in [1.807, 2.05) is 0 Å². The Balaban J connectivity index is 2.27. The van der Waals surface area contributed by atoms with Crippen molar-refractivity contribution in [3.05, 3.63) is 46.3 Å². The molecule has 82 valence electrons. The Bertz CT molecular complexity index is 502. The normalized spacial score (nSPS) is 10.2. The number of aromatic nitrogens is 2. The Morgan fingerprint density at radius 1 is 1.06 bits per heavy atom. The molecule has 0 bridgehead atoms. The third-order valence-corrected chi connectivity index (χ3v) is 2.34. The van der Waals surface area contributed by atoms with E-state index in [9.17, 15) is 4.39 Å². The molecule has 0 spiro atoms. The van der Waals surface area contributed by atoms with Gasteiger partial charge in [0.1, 0.15) is 0 Å². The van der Waals surface area contributed by atoms with E-state index in [0.717, 1.165) is 0 Å². The predicted octanol–water partition coefficient (Wildman–Crippen LogP) is 3.67. The summed E-state index contributed by atoms with van der Waals surface area (Å²) in [6, 6.07) is 7.80. The van der Waals surface area contributed by atoms with Crippen molar-refractivity contribution in [2.24, 2.45) is 0 Å². The first kappa shape index (κ1) is 11.1. The molecule has 0 fully saturated rings. The molecule has 1 N–H and O–H groups in total. The van der Waals surface area contributed by atoms with Crippen LogP contribution in [0.3, 0.4) is 0 Å². The third-order valence-electron chi connectivity index (χ3n) is 1.85. The number of hydrogen-bond donors (Lipinski definition) is 1. The van der Waals surface area contributed by atoms with Gasteiger partial charge in [0.15, 0.2) is 16.8 Å². The van der Waals surface area contributed by atoms with Gasteiger partial charge >= 0.3 is 0 Å². The molecule has 0 atom stereocenters. The zero-order valence-corrected chi connectivity index (χ0v) is 9.43. The molecule has 2 rings (SSSR count). The van der Waals surface area contributed by atoms with Gasteiger partial charge in [0.05, 0.1) is 10.7 Å². The average molecular weight is 258 g/mol. The molecule has 0 saturated carbocycles. The number of nitrogens with one attached hydrogen (secondary N) is 1. The molecular formula is C10H6Cl2FN3. The second kappa shape index (κ2) is 4.63. The lowest BCUT2D eigenvalue weighted by Crippen LogP contribution is -1.97. The maximum Gasteiger partial charge on any atom is 0.165 e. The minimum absolute atomic E-state index is 0.0481. The van der Waals surface area contributed by atoms with Crippen molar-refractivity contribution in [2.45, 2.75) is 0 Å². The van der Waals surface area contributed by atoms with Crippen LogP contribution in [-0.4, -0.2) is 10.2 Å². The second-order valence-corrected chi connectivity index (χ2v) is 3.76. The molecule has 6 heteroatoms. The minimum Gasteiger partial charge on any atom is -0.336 e. The largest absolute Gasteiger partial charge is 0.336 e. The lowest BCUT2D eigenvalue weighted by Gasteiger charge is -2.06. The van der Waals surface area contributed by atoms with Crippen molar-refractivity contribution < 1.29 is 4.39 Å². The minimum atomic E-state index is -0.527. The van der Waals surface area contributed by atoms with Gasteiger partial charge in [-0.1, -0.05) is 29.3 Å². The lowest BCUT2D eigenvalue weighted by molar-refractivity contribution is 0.632. The van der Waals surface area contributed by atoms with Crippen LogP contribution in [-0.2, 0) is 0 Å². The zero-order valence-electron chi connectivity index (χ0n) is 7.92. The molecular weight excluding hydrogens is 252 g/mol. The summed E-state index contributed by atoms with van der Waals surface area (Å²) >= 11 is 11.2. The van der Waals surface area contributed by atoms with Crippen molar-refractivity contribution >= 4 is 34.7 Å². The van der Waals surface area contributed by atoms with E-state index in [0.29, 0.717) is 5.82 Å². The summed E-state index contributed by atoms with van der Waals surface area (Å²) in [6.45, 7) is 0. The summed E-state index contributed by atoms with van der Waals surface area (Å²) in [5, 5.41) is 10.4. The fourth-order valence-corrected chi connectivity index (χ4v) is 1.40. The van der Waals surface area contributed by atoms with Crippen LogP contribution >= 0.6 is 23.2 Å². The molecule has 0 aliphatic carbocycles. The molecule has 1 aromatic heterocycles. The first-order chi connectivity index (χ1) is 7.66. The highest BCUT2D eigenvalue weighted by Gasteiger charge is 2.06. The summed E-state index contributed by atoms with van der Waals surface area (Å²) in [6.07, 6.45) is 0. The number of anilines is 2. The molecule has 0 amide bonds. The Kier molecular flexibility index (Phi) is 3.22. The van der Waals surface area contributed by atoms with Gasteiger partial charge in [-0.2, -0.15) is 0 Å². The molecule has 3 nitrogen and oxygen atoms in total. The van der Waals surface area contributed by atoms with Gasteiger partial charge in [0.25, 0.3) is 0 Å². The van der Waals surface area contributed by atoms with Crippen LogP contribution in [0.15, 0.2) is 30.3 Å². The van der Waals surface area contributed by atoms with E-state index in [2.05, 4.69) is 15.5 Å². The number of nitrogens with zero attached hydrogens (tertiary/aromatic N) is 2. The van der Waals surface area contributed by atoms with Crippen LogP contribution in [0.5, 0.6) is 0 Å². The van der Waals surface area contributed by atoms with Crippen molar-refractivity contribution in [1.82, 2.24) is 10.2 Å². The monoisotopic (exact) mass is 257 g/mol. The Labute approximate surface area is 101 Å². The van der Waals surface area contributed by atoms with Crippen LogP contribution in [0, 0.1) is 5.82 Å². The first-order valence-electron chi connectivity index (χ1n) is 4.37. The molecule has 0 saturated heterocycles. The van der Waals surface area contributed by atoms with Gasteiger partial charge < -0.3 is 5.32 Å².